The first kappa shape index (κ1) is 26.6. The molecule has 1 atom stereocenters. The third-order valence-corrected chi connectivity index (χ3v) is 7.50. The van der Waals surface area contributed by atoms with Gasteiger partial charge in [0.15, 0.2) is 11.5 Å². The molecule has 0 bridgehead atoms. The zero-order chi connectivity index (χ0) is 25.8. The first-order valence-corrected chi connectivity index (χ1v) is 13.7. The van der Waals surface area contributed by atoms with E-state index < -0.39 is 0 Å². The lowest BCUT2D eigenvalue weighted by molar-refractivity contribution is 0.284. The number of hydrogen-bond acceptors (Lipinski definition) is 5. The predicted octanol–water partition coefficient (Wildman–Crippen LogP) is 7.67. The van der Waals surface area contributed by atoms with E-state index in [0.717, 1.165) is 31.0 Å². The molecule has 3 aromatic carbocycles. The van der Waals surface area contributed by atoms with Crippen LogP contribution < -0.4 is 15.0 Å². The summed E-state index contributed by atoms with van der Waals surface area (Å²) in [6.07, 6.45) is 2.45. The van der Waals surface area contributed by atoms with Gasteiger partial charge in [0.1, 0.15) is 12.4 Å². The standard InChI is InChI=1S/C27H24Br3N3O3/c1-4-16(2)26-32-23-10-9-20(29)12-21(23)27(34)33(26)31-14-18-11-24(35-3)25(13-22(18)30)36-15-17-5-7-19(28)8-6-17/h5-14,16H,4,15H2,1-3H3/t16-/m0/s1. The lowest BCUT2D eigenvalue weighted by atomic mass is 10.1. The quantitative estimate of drug-likeness (QED) is 0.180. The molecule has 0 N–H and O–H groups in total. The summed E-state index contributed by atoms with van der Waals surface area (Å²) in [5.74, 6) is 1.83. The minimum absolute atomic E-state index is 0.0512. The van der Waals surface area contributed by atoms with Crippen molar-refractivity contribution >= 4 is 64.9 Å². The fourth-order valence-electron chi connectivity index (χ4n) is 3.56. The summed E-state index contributed by atoms with van der Waals surface area (Å²) in [4.78, 5) is 18.1. The van der Waals surface area contributed by atoms with Gasteiger partial charge in [-0.05, 0) is 70.4 Å². The lowest BCUT2D eigenvalue weighted by Crippen LogP contribution is -2.23. The van der Waals surface area contributed by atoms with Crippen LogP contribution >= 0.6 is 47.8 Å². The monoisotopic (exact) mass is 675 g/mol. The SMILES string of the molecule is CC[C@H](C)c1nc2ccc(Br)cc2c(=O)n1N=Cc1cc(OC)c(OCc2ccc(Br)cc2)cc1Br. The molecule has 0 aliphatic carbocycles. The molecule has 0 aliphatic heterocycles. The Balaban J connectivity index is 1.69. The molecule has 36 heavy (non-hydrogen) atoms. The maximum atomic E-state index is 13.4. The highest BCUT2D eigenvalue weighted by atomic mass is 79.9. The van der Waals surface area contributed by atoms with Gasteiger partial charge < -0.3 is 9.47 Å². The summed E-state index contributed by atoms with van der Waals surface area (Å²) >= 11 is 10.5. The minimum atomic E-state index is -0.217. The maximum absolute atomic E-state index is 13.4. The van der Waals surface area contributed by atoms with Gasteiger partial charge in [0.05, 0.1) is 24.2 Å². The molecular weight excluding hydrogens is 654 g/mol. The summed E-state index contributed by atoms with van der Waals surface area (Å²) in [6.45, 7) is 4.50. The second-order valence-corrected chi connectivity index (χ2v) is 10.9. The molecule has 0 aliphatic rings. The van der Waals surface area contributed by atoms with Crippen LogP contribution in [0.4, 0.5) is 0 Å². The summed E-state index contributed by atoms with van der Waals surface area (Å²) in [6, 6.07) is 17.1. The number of ether oxygens (including phenoxy) is 2. The molecule has 0 spiro atoms. The van der Waals surface area contributed by atoms with Crippen LogP contribution in [-0.4, -0.2) is 23.0 Å². The van der Waals surface area contributed by atoms with E-state index in [1.165, 1.54) is 4.68 Å². The Morgan fingerprint density at radius 1 is 1.03 bits per heavy atom. The lowest BCUT2D eigenvalue weighted by Gasteiger charge is -2.15. The number of halogens is 3. The van der Waals surface area contributed by atoms with Crippen molar-refractivity contribution < 1.29 is 9.47 Å². The number of fused-ring (bicyclic) bond motifs is 1. The van der Waals surface area contributed by atoms with Crippen molar-refractivity contribution in [2.75, 3.05) is 7.11 Å². The highest BCUT2D eigenvalue weighted by Crippen LogP contribution is 2.33. The Bertz CT molecular complexity index is 1480. The number of nitrogens with zero attached hydrogens (tertiary/aromatic N) is 3. The van der Waals surface area contributed by atoms with E-state index in [4.69, 9.17) is 14.5 Å². The Morgan fingerprint density at radius 2 is 1.75 bits per heavy atom. The molecule has 0 unspecified atom stereocenters. The van der Waals surface area contributed by atoms with Crippen LogP contribution in [0.1, 0.15) is 43.1 Å². The second-order valence-electron chi connectivity index (χ2n) is 8.24. The molecule has 4 rings (SSSR count). The summed E-state index contributed by atoms with van der Waals surface area (Å²) in [5, 5.41) is 5.06. The topological polar surface area (TPSA) is 65.7 Å². The number of methoxy groups -OCH3 is 1. The van der Waals surface area contributed by atoms with Crippen LogP contribution in [-0.2, 0) is 6.61 Å². The van der Waals surface area contributed by atoms with Crippen molar-refractivity contribution in [2.45, 2.75) is 32.8 Å². The van der Waals surface area contributed by atoms with Gasteiger partial charge >= 0.3 is 0 Å². The van der Waals surface area contributed by atoms with Gasteiger partial charge in [0.25, 0.3) is 5.56 Å². The van der Waals surface area contributed by atoms with Gasteiger partial charge in [0, 0.05) is 24.9 Å². The average Bonchev–Trinajstić information content (AvgIpc) is 2.88. The first-order valence-electron chi connectivity index (χ1n) is 11.3. The fraction of sp³-hybridized carbons (Fsp3) is 0.222. The van der Waals surface area contributed by atoms with Crippen LogP contribution in [0.2, 0.25) is 0 Å². The van der Waals surface area contributed by atoms with E-state index in [2.05, 4.69) is 59.8 Å². The normalized spacial score (nSPS) is 12.3. The van der Waals surface area contributed by atoms with E-state index >= 15 is 0 Å². The molecule has 4 aromatic rings. The summed E-state index contributed by atoms with van der Waals surface area (Å²) < 4.78 is 15.6. The number of hydrogen-bond donors (Lipinski definition) is 0. The van der Waals surface area contributed by atoms with E-state index in [1.807, 2.05) is 55.5 Å². The van der Waals surface area contributed by atoms with E-state index in [0.29, 0.717) is 34.8 Å². The molecule has 0 amide bonds. The van der Waals surface area contributed by atoms with Gasteiger partial charge in [-0.25, -0.2) is 4.98 Å². The van der Waals surface area contributed by atoms with Crippen molar-refractivity contribution in [1.82, 2.24) is 9.66 Å². The first-order chi connectivity index (χ1) is 17.3. The Hall–Kier alpha value is -2.49. The highest BCUT2D eigenvalue weighted by Gasteiger charge is 2.16. The molecule has 0 fully saturated rings. The van der Waals surface area contributed by atoms with Crippen molar-refractivity contribution in [2.24, 2.45) is 5.10 Å². The number of aromatic nitrogens is 2. The molecule has 0 radical (unpaired) electrons. The smallest absolute Gasteiger partial charge is 0.282 e. The molecule has 186 valence electrons. The Kier molecular flexibility index (Phi) is 8.64. The van der Waals surface area contributed by atoms with Gasteiger partial charge in [-0.15, -0.1) is 0 Å². The van der Waals surface area contributed by atoms with Gasteiger partial charge in [-0.3, -0.25) is 4.79 Å². The van der Waals surface area contributed by atoms with Crippen molar-refractivity contribution in [1.29, 1.82) is 0 Å². The van der Waals surface area contributed by atoms with Crippen molar-refractivity contribution in [3.8, 4) is 11.5 Å². The van der Waals surface area contributed by atoms with E-state index in [-0.39, 0.29) is 11.5 Å². The zero-order valence-electron chi connectivity index (χ0n) is 20.0. The molecule has 6 nitrogen and oxygen atoms in total. The largest absolute Gasteiger partial charge is 0.493 e. The van der Waals surface area contributed by atoms with Crippen LogP contribution in [0.5, 0.6) is 11.5 Å². The Morgan fingerprint density at radius 3 is 2.44 bits per heavy atom. The van der Waals surface area contributed by atoms with Gasteiger partial charge in [-0.2, -0.15) is 9.78 Å². The van der Waals surface area contributed by atoms with Gasteiger partial charge in [-0.1, -0.05) is 57.8 Å². The molecule has 0 saturated carbocycles. The third kappa shape index (κ3) is 5.90. The van der Waals surface area contributed by atoms with Crippen molar-refractivity contribution in [3.63, 3.8) is 0 Å². The summed E-state index contributed by atoms with van der Waals surface area (Å²) in [5.41, 5.74) is 2.21. The van der Waals surface area contributed by atoms with Gasteiger partial charge in [0.2, 0.25) is 0 Å². The minimum Gasteiger partial charge on any atom is -0.493 e. The van der Waals surface area contributed by atoms with Crippen LogP contribution in [0, 0.1) is 0 Å². The number of rotatable bonds is 8. The highest BCUT2D eigenvalue weighted by molar-refractivity contribution is 9.11. The fourth-order valence-corrected chi connectivity index (χ4v) is 4.61. The van der Waals surface area contributed by atoms with E-state index in [9.17, 15) is 4.79 Å². The molecule has 0 saturated heterocycles. The molecule has 9 heteroatoms. The van der Waals surface area contributed by atoms with Crippen LogP contribution in [0.25, 0.3) is 10.9 Å². The van der Waals surface area contributed by atoms with E-state index in [1.54, 1.807) is 19.4 Å². The number of benzene rings is 3. The second kappa shape index (κ2) is 11.7. The average molecular weight is 678 g/mol. The van der Waals surface area contributed by atoms with Crippen LogP contribution in [0.3, 0.4) is 0 Å². The maximum Gasteiger partial charge on any atom is 0.282 e. The van der Waals surface area contributed by atoms with Crippen molar-refractivity contribution in [3.05, 3.63) is 95.3 Å². The third-order valence-electron chi connectivity index (χ3n) is 5.79. The zero-order valence-corrected chi connectivity index (χ0v) is 24.7. The summed E-state index contributed by atoms with van der Waals surface area (Å²) in [7, 11) is 1.59. The Labute approximate surface area is 234 Å². The molecule has 1 aromatic heterocycles. The predicted molar refractivity (Wildman–Crippen MR) is 155 cm³/mol. The van der Waals surface area contributed by atoms with Crippen LogP contribution in [0.15, 0.2) is 77.9 Å². The molecular formula is C27H24Br3N3O3. The molecule has 1 heterocycles.